The van der Waals surface area contributed by atoms with Gasteiger partial charge in [0.25, 0.3) is 5.91 Å². The summed E-state index contributed by atoms with van der Waals surface area (Å²) in [7, 11) is 0. The molecule has 9 nitrogen and oxygen atoms in total. The Balaban J connectivity index is 0.00000300. The van der Waals surface area contributed by atoms with Crippen LogP contribution in [-0.2, 0) is 11.3 Å². The summed E-state index contributed by atoms with van der Waals surface area (Å²) >= 11 is 0. The Labute approximate surface area is 176 Å². The molecule has 0 saturated carbocycles. The van der Waals surface area contributed by atoms with E-state index < -0.39 is 0 Å². The molecule has 2 aromatic heterocycles. The standard InChI is InChI=1S/C19H28N6O3.ClH/c1-13(2)17(20)18-21-14(3)22-25(18)12-16(26)23-7-5-8-24(10-9-23)19(27)15-6-4-11-28-15;/h4,6,11,13,17H,5,7-10,12,20H2,1-3H3;1H/t17-;/m0./s1. The van der Waals surface area contributed by atoms with Crippen LogP contribution in [0.15, 0.2) is 22.8 Å². The van der Waals surface area contributed by atoms with Gasteiger partial charge in [-0.25, -0.2) is 9.67 Å². The highest BCUT2D eigenvalue weighted by molar-refractivity contribution is 5.91. The highest BCUT2D eigenvalue weighted by Gasteiger charge is 2.26. The maximum absolute atomic E-state index is 12.9. The zero-order valence-electron chi connectivity index (χ0n) is 17.1. The first-order valence-electron chi connectivity index (χ1n) is 9.64. The van der Waals surface area contributed by atoms with Crippen molar-refractivity contribution >= 4 is 24.2 Å². The predicted molar refractivity (Wildman–Crippen MR) is 110 cm³/mol. The first kappa shape index (κ1) is 22.9. The fourth-order valence-corrected chi connectivity index (χ4v) is 3.29. The zero-order chi connectivity index (χ0) is 20.3. The van der Waals surface area contributed by atoms with Crippen LogP contribution in [-0.4, -0.2) is 62.6 Å². The number of hydrogen-bond donors (Lipinski definition) is 1. The molecule has 160 valence electrons. The van der Waals surface area contributed by atoms with Crippen LogP contribution in [0.5, 0.6) is 0 Å². The smallest absolute Gasteiger partial charge is 0.289 e. The van der Waals surface area contributed by atoms with Crippen molar-refractivity contribution in [2.45, 2.75) is 39.8 Å². The number of carbonyl (C=O) groups excluding carboxylic acids is 2. The molecule has 3 heterocycles. The van der Waals surface area contributed by atoms with Crippen LogP contribution < -0.4 is 5.73 Å². The molecule has 0 unspecified atom stereocenters. The molecular formula is C19H29ClN6O3. The Morgan fingerprint density at radius 1 is 1.21 bits per heavy atom. The second kappa shape index (κ2) is 9.89. The van der Waals surface area contributed by atoms with E-state index in [2.05, 4.69) is 10.1 Å². The number of hydrogen-bond acceptors (Lipinski definition) is 6. The average Bonchev–Trinajstić information content (AvgIpc) is 3.24. The molecule has 0 spiro atoms. The molecule has 2 N–H and O–H groups in total. The molecule has 1 aliphatic rings. The van der Waals surface area contributed by atoms with Crippen LogP contribution in [0.25, 0.3) is 0 Å². The van der Waals surface area contributed by atoms with Crippen molar-refractivity contribution in [3.63, 3.8) is 0 Å². The number of amides is 2. The molecule has 0 aliphatic carbocycles. The molecule has 1 atom stereocenters. The van der Waals surface area contributed by atoms with E-state index in [1.54, 1.807) is 33.5 Å². The van der Waals surface area contributed by atoms with Gasteiger partial charge in [-0.05, 0) is 31.4 Å². The van der Waals surface area contributed by atoms with Crippen LogP contribution in [0.3, 0.4) is 0 Å². The van der Waals surface area contributed by atoms with E-state index in [0.29, 0.717) is 50.0 Å². The van der Waals surface area contributed by atoms with Crippen molar-refractivity contribution in [1.29, 1.82) is 0 Å². The number of furan rings is 1. The molecule has 0 bridgehead atoms. The summed E-state index contributed by atoms with van der Waals surface area (Å²) < 4.78 is 6.81. The molecule has 1 saturated heterocycles. The van der Waals surface area contributed by atoms with Crippen molar-refractivity contribution in [3.05, 3.63) is 35.8 Å². The number of nitrogens with zero attached hydrogens (tertiary/aromatic N) is 5. The Bertz CT molecular complexity index is 820. The van der Waals surface area contributed by atoms with Crippen molar-refractivity contribution in [2.75, 3.05) is 26.2 Å². The fraction of sp³-hybridized carbons (Fsp3) is 0.579. The monoisotopic (exact) mass is 424 g/mol. The van der Waals surface area contributed by atoms with Crippen LogP contribution >= 0.6 is 12.4 Å². The van der Waals surface area contributed by atoms with E-state index in [0.717, 1.165) is 0 Å². The minimum Gasteiger partial charge on any atom is -0.459 e. The number of carbonyl (C=O) groups is 2. The molecular weight excluding hydrogens is 396 g/mol. The van der Waals surface area contributed by atoms with Crippen molar-refractivity contribution in [3.8, 4) is 0 Å². The van der Waals surface area contributed by atoms with Gasteiger partial charge in [-0.2, -0.15) is 5.10 Å². The van der Waals surface area contributed by atoms with E-state index in [-0.39, 0.29) is 42.7 Å². The summed E-state index contributed by atoms with van der Waals surface area (Å²) in [5, 5.41) is 4.35. The summed E-state index contributed by atoms with van der Waals surface area (Å²) in [5.74, 6) is 1.56. The third kappa shape index (κ3) is 5.36. The molecule has 10 heteroatoms. The Hall–Kier alpha value is -2.39. The molecule has 1 aliphatic heterocycles. The number of aryl methyl sites for hydroxylation is 1. The van der Waals surface area contributed by atoms with Gasteiger partial charge >= 0.3 is 0 Å². The normalized spacial score (nSPS) is 15.8. The van der Waals surface area contributed by atoms with E-state index >= 15 is 0 Å². The zero-order valence-corrected chi connectivity index (χ0v) is 17.9. The minimum atomic E-state index is -0.278. The Kier molecular flexibility index (Phi) is 7.80. The first-order valence-corrected chi connectivity index (χ1v) is 9.64. The van der Waals surface area contributed by atoms with Gasteiger partial charge in [-0.15, -0.1) is 12.4 Å². The number of aromatic nitrogens is 3. The second-order valence-electron chi connectivity index (χ2n) is 7.45. The van der Waals surface area contributed by atoms with E-state index in [4.69, 9.17) is 10.2 Å². The van der Waals surface area contributed by atoms with Gasteiger partial charge in [-0.3, -0.25) is 9.59 Å². The lowest BCUT2D eigenvalue weighted by atomic mass is 10.1. The summed E-state index contributed by atoms with van der Waals surface area (Å²) in [6.07, 6.45) is 2.20. The highest BCUT2D eigenvalue weighted by atomic mass is 35.5. The van der Waals surface area contributed by atoms with Crippen LogP contribution in [0.4, 0.5) is 0 Å². The van der Waals surface area contributed by atoms with Crippen molar-refractivity contribution < 1.29 is 14.0 Å². The predicted octanol–water partition coefficient (Wildman–Crippen LogP) is 1.63. The SMILES string of the molecule is Cc1nc([C@@H](N)C(C)C)n(CC(=O)N2CCCN(C(=O)c3ccco3)CC2)n1.Cl. The van der Waals surface area contributed by atoms with E-state index in [1.807, 2.05) is 13.8 Å². The van der Waals surface area contributed by atoms with Crippen LogP contribution in [0.2, 0.25) is 0 Å². The Morgan fingerprint density at radius 2 is 1.90 bits per heavy atom. The second-order valence-corrected chi connectivity index (χ2v) is 7.45. The van der Waals surface area contributed by atoms with Crippen LogP contribution in [0.1, 0.15) is 48.5 Å². The van der Waals surface area contributed by atoms with Gasteiger partial charge in [0, 0.05) is 26.2 Å². The van der Waals surface area contributed by atoms with Gasteiger partial charge in [0.05, 0.1) is 12.3 Å². The summed E-state index contributed by atoms with van der Waals surface area (Å²) in [5.41, 5.74) is 6.23. The lowest BCUT2D eigenvalue weighted by Gasteiger charge is -2.22. The van der Waals surface area contributed by atoms with E-state index in [1.165, 1.54) is 6.26 Å². The third-order valence-corrected chi connectivity index (χ3v) is 4.98. The topological polar surface area (TPSA) is 110 Å². The fourth-order valence-electron chi connectivity index (χ4n) is 3.29. The maximum Gasteiger partial charge on any atom is 0.289 e. The number of rotatable bonds is 5. The molecule has 0 radical (unpaired) electrons. The number of nitrogens with two attached hydrogens (primary N) is 1. The lowest BCUT2D eigenvalue weighted by Crippen LogP contribution is -2.39. The van der Waals surface area contributed by atoms with Gasteiger partial charge in [0.15, 0.2) is 5.76 Å². The minimum absolute atomic E-state index is 0. The van der Waals surface area contributed by atoms with E-state index in [9.17, 15) is 9.59 Å². The quantitative estimate of drug-likeness (QED) is 0.780. The van der Waals surface area contributed by atoms with Gasteiger partial charge in [-0.1, -0.05) is 13.8 Å². The first-order chi connectivity index (χ1) is 13.4. The largest absolute Gasteiger partial charge is 0.459 e. The molecule has 1 fully saturated rings. The summed E-state index contributed by atoms with van der Waals surface area (Å²) in [6, 6.07) is 3.07. The van der Waals surface area contributed by atoms with Crippen molar-refractivity contribution in [2.24, 2.45) is 11.7 Å². The summed E-state index contributed by atoms with van der Waals surface area (Å²) in [4.78, 5) is 33.2. The van der Waals surface area contributed by atoms with Gasteiger partial charge in [0.1, 0.15) is 18.2 Å². The Morgan fingerprint density at radius 3 is 2.55 bits per heavy atom. The van der Waals surface area contributed by atoms with Crippen LogP contribution in [0, 0.1) is 12.8 Å². The molecule has 2 amide bonds. The molecule has 2 aromatic rings. The molecule has 29 heavy (non-hydrogen) atoms. The van der Waals surface area contributed by atoms with Gasteiger partial charge < -0.3 is 20.0 Å². The third-order valence-electron chi connectivity index (χ3n) is 4.98. The van der Waals surface area contributed by atoms with Crippen molar-refractivity contribution in [1.82, 2.24) is 24.6 Å². The maximum atomic E-state index is 12.9. The number of halogens is 1. The average molecular weight is 425 g/mol. The highest BCUT2D eigenvalue weighted by Crippen LogP contribution is 2.17. The summed E-state index contributed by atoms with van der Waals surface area (Å²) in [6.45, 7) is 8.06. The molecule has 3 rings (SSSR count). The van der Waals surface area contributed by atoms with Gasteiger partial charge in [0.2, 0.25) is 5.91 Å². The lowest BCUT2D eigenvalue weighted by molar-refractivity contribution is -0.132. The molecule has 0 aromatic carbocycles.